The van der Waals surface area contributed by atoms with Crippen molar-refractivity contribution in [3.05, 3.63) is 9.81 Å². The van der Waals surface area contributed by atoms with Gasteiger partial charge in [0.15, 0.2) is 0 Å². The fraction of sp³-hybridized carbons (Fsp3) is 1.00. The summed E-state index contributed by atoms with van der Waals surface area (Å²) in [6.45, 7) is 1.30. The number of piperidine rings is 1. The first-order chi connectivity index (χ1) is 4.83. The average Bonchev–Trinajstić information content (AvgIpc) is 2.06. The van der Waals surface area contributed by atoms with Crippen LogP contribution in [-0.2, 0) is 0 Å². The van der Waals surface area contributed by atoms with Crippen molar-refractivity contribution in [3.8, 4) is 0 Å². The molecular weight excluding hydrogens is 134 g/mol. The van der Waals surface area contributed by atoms with Crippen molar-refractivity contribution in [1.82, 2.24) is 5.32 Å². The number of rotatable bonds is 2. The minimum Gasteiger partial charge on any atom is -0.316 e. The largest absolute Gasteiger partial charge is 0.316 e. The van der Waals surface area contributed by atoms with Gasteiger partial charge in [-0.15, -0.1) is 9.81 Å². The van der Waals surface area contributed by atoms with E-state index in [2.05, 4.69) is 15.7 Å². The molecule has 5 heteroatoms. The lowest BCUT2D eigenvalue weighted by Crippen LogP contribution is -2.38. The van der Waals surface area contributed by atoms with Gasteiger partial charge in [-0.2, -0.15) is 0 Å². The third kappa shape index (κ3) is 1.18. The Kier molecular flexibility index (Phi) is 2.06. The molecule has 1 rings (SSSR count). The molecule has 1 aliphatic heterocycles. The van der Waals surface area contributed by atoms with E-state index < -0.39 is 5.66 Å². The van der Waals surface area contributed by atoms with Gasteiger partial charge in [0.2, 0.25) is 5.66 Å². The smallest absolute Gasteiger partial charge is 0.234 e. The van der Waals surface area contributed by atoms with E-state index in [1.165, 1.54) is 0 Å². The second kappa shape index (κ2) is 2.83. The van der Waals surface area contributed by atoms with Crippen LogP contribution in [0.15, 0.2) is 10.4 Å². The Morgan fingerprint density at radius 3 is 1.90 bits per heavy atom. The average molecular weight is 143 g/mol. The minimum absolute atomic E-state index is 0.431. The lowest BCUT2D eigenvalue weighted by atomic mass is 10.0. The summed E-state index contributed by atoms with van der Waals surface area (Å²) in [5, 5.41) is 8.47. The lowest BCUT2D eigenvalue weighted by molar-refractivity contribution is 0.321. The summed E-state index contributed by atoms with van der Waals surface area (Å²) in [5.74, 6) is 0. The van der Waals surface area contributed by atoms with Gasteiger partial charge in [-0.25, -0.2) is 0 Å². The third-order valence-electron chi connectivity index (χ3n) is 1.74. The van der Waals surface area contributed by atoms with Crippen LogP contribution in [0.2, 0.25) is 0 Å². The first-order valence-electron chi connectivity index (χ1n) is 3.23. The van der Waals surface area contributed by atoms with Gasteiger partial charge in [-0.05, 0) is 23.4 Å². The highest BCUT2D eigenvalue weighted by Gasteiger charge is 2.34. The Bertz CT molecular complexity index is 132. The van der Waals surface area contributed by atoms with Crippen LogP contribution in [0.5, 0.6) is 0 Å². The van der Waals surface area contributed by atoms with Crippen LogP contribution in [0.3, 0.4) is 0 Å². The maximum Gasteiger partial charge on any atom is 0.234 e. The van der Waals surface area contributed by atoms with Gasteiger partial charge in [-0.3, -0.25) is 0 Å². The molecule has 1 fully saturated rings. The lowest BCUT2D eigenvalue weighted by Gasteiger charge is -2.23. The SMILES string of the molecule is O=NC1(N=O)CCNCC1. The van der Waals surface area contributed by atoms with E-state index in [0.717, 1.165) is 0 Å². The molecule has 10 heavy (non-hydrogen) atoms. The molecule has 0 bridgehead atoms. The van der Waals surface area contributed by atoms with Crippen molar-refractivity contribution in [3.63, 3.8) is 0 Å². The fourth-order valence-electron chi connectivity index (χ4n) is 1.03. The predicted molar refractivity (Wildman–Crippen MR) is 36.4 cm³/mol. The zero-order chi connectivity index (χ0) is 7.45. The molecule has 1 aliphatic rings. The van der Waals surface area contributed by atoms with Crippen LogP contribution >= 0.6 is 0 Å². The Morgan fingerprint density at radius 1 is 1.10 bits per heavy atom. The molecule has 0 radical (unpaired) electrons. The first kappa shape index (κ1) is 7.27. The van der Waals surface area contributed by atoms with Gasteiger partial charge in [0.25, 0.3) is 0 Å². The highest BCUT2D eigenvalue weighted by molar-refractivity contribution is 4.89. The van der Waals surface area contributed by atoms with Crippen molar-refractivity contribution in [2.45, 2.75) is 18.5 Å². The number of hydrogen-bond acceptors (Lipinski definition) is 5. The summed E-state index contributed by atoms with van der Waals surface area (Å²) in [7, 11) is 0. The summed E-state index contributed by atoms with van der Waals surface area (Å²) >= 11 is 0. The maximum absolute atomic E-state index is 10.1. The highest BCUT2D eigenvalue weighted by Crippen LogP contribution is 2.23. The summed E-state index contributed by atoms with van der Waals surface area (Å²) < 4.78 is 0. The van der Waals surface area contributed by atoms with Crippen molar-refractivity contribution in [1.29, 1.82) is 0 Å². The van der Waals surface area contributed by atoms with Gasteiger partial charge in [0.05, 0.1) is 0 Å². The topological polar surface area (TPSA) is 70.9 Å². The van der Waals surface area contributed by atoms with Gasteiger partial charge in [0, 0.05) is 12.8 Å². The predicted octanol–water partition coefficient (Wildman–Crippen LogP) is 0.599. The van der Waals surface area contributed by atoms with Crippen molar-refractivity contribution in [2.75, 3.05) is 13.1 Å². The van der Waals surface area contributed by atoms with E-state index in [0.29, 0.717) is 25.9 Å². The zero-order valence-electron chi connectivity index (χ0n) is 5.54. The Hall–Kier alpha value is -0.840. The molecular formula is C5H9N3O2. The van der Waals surface area contributed by atoms with E-state index >= 15 is 0 Å². The molecule has 1 N–H and O–H groups in total. The number of nitrogens with zero attached hydrogens (tertiary/aromatic N) is 2. The normalized spacial score (nSPS) is 23.6. The van der Waals surface area contributed by atoms with Crippen LogP contribution in [-0.4, -0.2) is 18.8 Å². The maximum atomic E-state index is 10.1. The second-order valence-corrected chi connectivity index (χ2v) is 2.42. The van der Waals surface area contributed by atoms with Crippen molar-refractivity contribution in [2.24, 2.45) is 10.4 Å². The molecule has 1 saturated heterocycles. The molecule has 5 nitrogen and oxygen atoms in total. The Balaban J connectivity index is 2.60. The fourth-order valence-corrected chi connectivity index (χ4v) is 1.03. The molecule has 0 aromatic carbocycles. The molecule has 0 saturated carbocycles. The number of nitroso groups, excluding NO2 is 2. The molecule has 0 aromatic heterocycles. The van der Waals surface area contributed by atoms with E-state index in [9.17, 15) is 9.81 Å². The van der Waals surface area contributed by atoms with Gasteiger partial charge in [0.1, 0.15) is 0 Å². The molecule has 56 valence electrons. The summed E-state index contributed by atoms with van der Waals surface area (Å²) in [4.78, 5) is 20.3. The Labute approximate surface area is 58.1 Å². The van der Waals surface area contributed by atoms with Gasteiger partial charge < -0.3 is 5.32 Å². The second-order valence-electron chi connectivity index (χ2n) is 2.42. The zero-order valence-corrected chi connectivity index (χ0v) is 5.54. The van der Waals surface area contributed by atoms with E-state index in [1.807, 2.05) is 0 Å². The Morgan fingerprint density at radius 2 is 1.60 bits per heavy atom. The minimum atomic E-state index is -1.16. The van der Waals surface area contributed by atoms with E-state index in [4.69, 9.17) is 0 Å². The van der Waals surface area contributed by atoms with Crippen LogP contribution in [0.4, 0.5) is 0 Å². The van der Waals surface area contributed by atoms with Crippen molar-refractivity contribution >= 4 is 0 Å². The van der Waals surface area contributed by atoms with Crippen LogP contribution in [0, 0.1) is 9.81 Å². The molecule has 0 aliphatic carbocycles. The molecule has 0 amide bonds. The molecule has 0 atom stereocenters. The van der Waals surface area contributed by atoms with Crippen molar-refractivity contribution < 1.29 is 0 Å². The van der Waals surface area contributed by atoms with Crippen LogP contribution < -0.4 is 5.32 Å². The highest BCUT2D eigenvalue weighted by atomic mass is 16.3. The number of nitrogens with one attached hydrogen (secondary N) is 1. The molecule has 1 heterocycles. The van der Waals surface area contributed by atoms with Gasteiger partial charge in [-0.1, -0.05) is 0 Å². The molecule has 0 aromatic rings. The number of hydrogen-bond donors (Lipinski definition) is 1. The monoisotopic (exact) mass is 143 g/mol. The standard InChI is InChI=1S/C5H9N3O2/c9-7-5(8-10)1-3-6-4-2-5/h6H,1-4H2. The van der Waals surface area contributed by atoms with E-state index in [-0.39, 0.29) is 0 Å². The molecule has 0 unspecified atom stereocenters. The van der Waals surface area contributed by atoms with E-state index in [1.54, 1.807) is 0 Å². The summed E-state index contributed by atoms with van der Waals surface area (Å²) in [6, 6.07) is 0. The summed E-state index contributed by atoms with van der Waals surface area (Å²) in [6.07, 6.45) is 0.861. The van der Waals surface area contributed by atoms with Gasteiger partial charge >= 0.3 is 0 Å². The summed E-state index contributed by atoms with van der Waals surface area (Å²) in [5.41, 5.74) is -1.16. The molecule has 0 spiro atoms. The quantitative estimate of drug-likeness (QED) is 0.575. The first-order valence-corrected chi connectivity index (χ1v) is 3.23. The van der Waals surface area contributed by atoms with Crippen LogP contribution in [0.25, 0.3) is 0 Å². The van der Waals surface area contributed by atoms with Crippen LogP contribution in [0.1, 0.15) is 12.8 Å². The third-order valence-corrected chi connectivity index (χ3v) is 1.74.